The van der Waals surface area contributed by atoms with Crippen molar-refractivity contribution >= 4 is 28.7 Å². The lowest BCUT2D eigenvalue weighted by Crippen LogP contribution is -2.35. The van der Waals surface area contributed by atoms with E-state index in [1.165, 1.54) is 11.3 Å². The number of aromatic nitrogens is 3. The first-order valence-electron chi connectivity index (χ1n) is 10.3. The number of hydrogen-bond donors (Lipinski definition) is 0. The van der Waals surface area contributed by atoms with Crippen molar-refractivity contribution in [2.75, 3.05) is 0 Å². The maximum Gasteiger partial charge on any atom is 0.266 e. The second-order valence-electron chi connectivity index (χ2n) is 8.73. The lowest BCUT2D eigenvalue weighted by Gasteiger charge is -2.32. The first-order valence-corrected chi connectivity index (χ1v) is 11.5. The van der Waals surface area contributed by atoms with Gasteiger partial charge in [0, 0.05) is 39.8 Å². The minimum absolute atomic E-state index is 0.0386. The van der Waals surface area contributed by atoms with E-state index in [0.717, 1.165) is 11.3 Å². The van der Waals surface area contributed by atoms with Crippen LogP contribution in [0.3, 0.4) is 0 Å². The standard InChI is InChI=1S/C25H20ClN3O2S/c1-25(2)12-20-17(21(30)13-25)11-18(24(31)29(20)22-5-3-4-10-27-22)23-28-19(14-32-23)15-6-8-16(26)9-7-15/h3-11,14H,12-13H2,1-2H3. The molecule has 160 valence electrons. The molecule has 0 N–H and O–H groups in total. The number of pyridine rings is 2. The summed E-state index contributed by atoms with van der Waals surface area (Å²) in [5, 5.41) is 3.14. The van der Waals surface area contributed by atoms with Crippen molar-refractivity contribution in [2.24, 2.45) is 5.41 Å². The molecule has 0 atom stereocenters. The lowest BCUT2D eigenvalue weighted by molar-refractivity contribution is 0.0909. The summed E-state index contributed by atoms with van der Waals surface area (Å²) in [4.78, 5) is 35.9. The first kappa shape index (κ1) is 20.8. The van der Waals surface area contributed by atoms with Crippen LogP contribution >= 0.6 is 22.9 Å². The molecule has 0 radical (unpaired) electrons. The van der Waals surface area contributed by atoms with Gasteiger partial charge in [0.25, 0.3) is 5.56 Å². The molecule has 7 heteroatoms. The molecule has 0 fully saturated rings. The van der Waals surface area contributed by atoms with E-state index in [-0.39, 0.29) is 16.8 Å². The van der Waals surface area contributed by atoms with E-state index >= 15 is 0 Å². The molecule has 0 unspecified atom stereocenters. The largest absolute Gasteiger partial charge is 0.294 e. The quantitative estimate of drug-likeness (QED) is 0.385. The summed E-state index contributed by atoms with van der Waals surface area (Å²) < 4.78 is 1.59. The van der Waals surface area contributed by atoms with Gasteiger partial charge in [0.2, 0.25) is 0 Å². The van der Waals surface area contributed by atoms with Gasteiger partial charge >= 0.3 is 0 Å². The molecule has 1 aliphatic rings. The predicted octanol–water partition coefficient (Wildman–Crippen LogP) is 5.83. The molecule has 0 saturated carbocycles. The van der Waals surface area contributed by atoms with Crippen molar-refractivity contribution in [3.05, 3.63) is 86.7 Å². The van der Waals surface area contributed by atoms with Gasteiger partial charge in [-0.2, -0.15) is 0 Å². The number of carbonyl (C=O) groups is 1. The van der Waals surface area contributed by atoms with E-state index < -0.39 is 0 Å². The van der Waals surface area contributed by atoms with E-state index in [0.29, 0.717) is 45.5 Å². The summed E-state index contributed by atoms with van der Waals surface area (Å²) in [5.41, 5.74) is 2.93. The van der Waals surface area contributed by atoms with Crippen LogP contribution in [0.25, 0.3) is 27.6 Å². The molecule has 0 saturated heterocycles. The molecule has 5 rings (SSSR count). The zero-order valence-corrected chi connectivity index (χ0v) is 19.2. The van der Waals surface area contributed by atoms with Crippen molar-refractivity contribution in [2.45, 2.75) is 26.7 Å². The number of rotatable bonds is 3. The minimum atomic E-state index is -0.225. The van der Waals surface area contributed by atoms with Gasteiger partial charge in [0.15, 0.2) is 5.78 Å². The van der Waals surface area contributed by atoms with E-state index in [4.69, 9.17) is 16.6 Å². The van der Waals surface area contributed by atoms with Gasteiger partial charge in [-0.25, -0.2) is 9.97 Å². The fraction of sp³-hybridized carbons (Fsp3) is 0.200. The second kappa shape index (κ2) is 7.80. The minimum Gasteiger partial charge on any atom is -0.294 e. The summed E-state index contributed by atoms with van der Waals surface area (Å²) in [7, 11) is 0. The van der Waals surface area contributed by atoms with Crippen LogP contribution in [-0.4, -0.2) is 20.3 Å². The highest BCUT2D eigenvalue weighted by Crippen LogP contribution is 2.37. The Labute approximate surface area is 194 Å². The van der Waals surface area contributed by atoms with Crippen molar-refractivity contribution in [1.82, 2.24) is 14.5 Å². The predicted molar refractivity (Wildman–Crippen MR) is 128 cm³/mol. The molecule has 3 heterocycles. The van der Waals surface area contributed by atoms with Gasteiger partial charge in [-0.1, -0.05) is 43.6 Å². The van der Waals surface area contributed by atoms with Gasteiger partial charge in [-0.15, -0.1) is 11.3 Å². The Morgan fingerprint density at radius 2 is 1.81 bits per heavy atom. The number of Topliss-reactive ketones (excluding diaryl/α,β-unsaturated/α-hetero) is 1. The summed E-state index contributed by atoms with van der Waals surface area (Å²) in [6.45, 7) is 4.10. The Morgan fingerprint density at radius 3 is 2.53 bits per heavy atom. The van der Waals surface area contributed by atoms with Crippen molar-refractivity contribution in [3.63, 3.8) is 0 Å². The Kier molecular flexibility index (Phi) is 5.07. The number of nitrogens with zero attached hydrogens (tertiary/aromatic N) is 3. The number of halogens is 1. The SMILES string of the molecule is CC1(C)CC(=O)c2cc(-c3nc(-c4ccc(Cl)cc4)cs3)c(=O)n(-c3ccccn3)c2C1. The third kappa shape index (κ3) is 3.70. The number of hydrogen-bond acceptors (Lipinski definition) is 5. The molecule has 3 aromatic heterocycles. The number of fused-ring (bicyclic) bond motifs is 1. The molecule has 0 amide bonds. The number of carbonyl (C=O) groups excluding carboxylic acids is 1. The molecule has 0 spiro atoms. The van der Waals surface area contributed by atoms with Gasteiger partial charge < -0.3 is 0 Å². The molecular weight excluding hydrogens is 442 g/mol. The summed E-state index contributed by atoms with van der Waals surface area (Å²) in [6.07, 6.45) is 2.71. The fourth-order valence-corrected chi connectivity index (χ4v) is 5.11. The first-order chi connectivity index (χ1) is 15.3. The average molecular weight is 462 g/mol. The number of benzene rings is 1. The van der Waals surface area contributed by atoms with Crippen LogP contribution in [0, 0.1) is 5.41 Å². The summed E-state index contributed by atoms with van der Waals surface area (Å²) in [6, 6.07) is 14.6. The number of thiazole rings is 1. The van der Waals surface area contributed by atoms with Gasteiger partial charge in [0.1, 0.15) is 10.8 Å². The molecule has 4 aromatic rings. The van der Waals surface area contributed by atoms with Crippen molar-refractivity contribution < 1.29 is 4.79 Å². The Bertz CT molecular complexity index is 1390. The third-order valence-electron chi connectivity index (χ3n) is 5.64. The van der Waals surface area contributed by atoms with E-state index in [2.05, 4.69) is 4.98 Å². The summed E-state index contributed by atoms with van der Waals surface area (Å²) in [5.74, 6) is 0.548. The van der Waals surface area contributed by atoms with Crippen LogP contribution in [0.5, 0.6) is 0 Å². The highest BCUT2D eigenvalue weighted by atomic mass is 35.5. The molecule has 1 aliphatic carbocycles. The molecule has 5 nitrogen and oxygen atoms in total. The van der Waals surface area contributed by atoms with Crippen LogP contribution in [-0.2, 0) is 6.42 Å². The van der Waals surface area contributed by atoms with Gasteiger partial charge in [-0.3, -0.25) is 14.2 Å². The second-order valence-corrected chi connectivity index (χ2v) is 10.0. The van der Waals surface area contributed by atoms with Gasteiger partial charge in [0.05, 0.1) is 11.3 Å². The highest BCUT2D eigenvalue weighted by molar-refractivity contribution is 7.13. The number of ketones is 1. The third-order valence-corrected chi connectivity index (χ3v) is 6.77. The molecule has 0 bridgehead atoms. The van der Waals surface area contributed by atoms with Crippen LogP contribution in [0.2, 0.25) is 5.02 Å². The Morgan fingerprint density at radius 1 is 1.03 bits per heavy atom. The fourth-order valence-electron chi connectivity index (χ4n) is 4.15. The maximum atomic E-state index is 13.7. The van der Waals surface area contributed by atoms with E-state index in [9.17, 15) is 9.59 Å². The zero-order chi connectivity index (χ0) is 22.5. The van der Waals surface area contributed by atoms with Crippen LogP contribution in [0.4, 0.5) is 0 Å². The lowest BCUT2D eigenvalue weighted by atomic mass is 9.75. The van der Waals surface area contributed by atoms with Crippen LogP contribution in [0.15, 0.2) is 64.9 Å². The Balaban J connectivity index is 1.71. The monoisotopic (exact) mass is 461 g/mol. The van der Waals surface area contributed by atoms with E-state index in [1.54, 1.807) is 29.0 Å². The maximum absolute atomic E-state index is 13.7. The van der Waals surface area contributed by atoms with E-state index in [1.807, 2.05) is 49.6 Å². The molecule has 0 aliphatic heterocycles. The normalized spacial score (nSPS) is 14.9. The highest BCUT2D eigenvalue weighted by Gasteiger charge is 2.34. The average Bonchev–Trinajstić information content (AvgIpc) is 3.24. The zero-order valence-electron chi connectivity index (χ0n) is 17.6. The van der Waals surface area contributed by atoms with Gasteiger partial charge in [-0.05, 0) is 42.2 Å². The summed E-state index contributed by atoms with van der Waals surface area (Å²) >= 11 is 7.38. The molecular formula is C25H20ClN3O2S. The van der Waals surface area contributed by atoms with Crippen molar-refractivity contribution in [3.8, 4) is 27.6 Å². The molecule has 32 heavy (non-hydrogen) atoms. The smallest absolute Gasteiger partial charge is 0.266 e. The van der Waals surface area contributed by atoms with Crippen LogP contribution < -0.4 is 5.56 Å². The van der Waals surface area contributed by atoms with Crippen LogP contribution in [0.1, 0.15) is 36.3 Å². The topological polar surface area (TPSA) is 64.8 Å². The molecule has 1 aromatic carbocycles. The van der Waals surface area contributed by atoms with Crippen molar-refractivity contribution in [1.29, 1.82) is 0 Å². The Hall–Kier alpha value is -3.09.